The van der Waals surface area contributed by atoms with E-state index in [-0.39, 0.29) is 0 Å². The van der Waals surface area contributed by atoms with E-state index >= 15 is 0 Å². The molecule has 4 aliphatic rings. The molecule has 7 nitrogen and oxygen atoms in total. The molecule has 0 spiro atoms. The van der Waals surface area contributed by atoms with Crippen LogP contribution in [-0.4, -0.2) is 69.7 Å². The van der Waals surface area contributed by atoms with Crippen LogP contribution in [-0.2, 0) is 9.47 Å². The van der Waals surface area contributed by atoms with Crippen LogP contribution in [0, 0.1) is 23.7 Å². The Morgan fingerprint density at radius 3 is 2.00 bits per heavy atom. The van der Waals surface area contributed by atoms with Crippen molar-refractivity contribution in [1.29, 1.82) is 0 Å². The average Bonchev–Trinajstić information content (AvgIpc) is 3.32. The highest BCUT2D eigenvalue weighted by Gasteiger charge is 2.40. The Morgan fingerprint density at radius 1 is 0.917 bits per heavy atom. The van der Waals surface area contributed by atoms with Crippen molar-refractivity contribution in [2.75, 3.05) is 69.5 Å². The second-order valence-corrected chi connectivity index (χ2v) is 7.49. The van der Waals surface area contributed by atoms with Gasteiger partial charge in [-0.15, -0.1) is 0 Å². The number of aromatic nitrogens is 2. The van der Waals surface area contributed by atoms with E-state index in [0.717, 1.165) is 70.1 Å². The molecular weight excluding hydrogens is 308 g/mol. The maximum Gasteiger partial charge on any atom is 0.227 e. The van der Waals surface area contributed by atoms with Crippen molar-refractivity contribution in [1.82, 2.24) is 9.97 Å². The van der Waals surface area contributed by atoms with E-state index in [9.17, 15) is 0 Å². The Labute approximate surface area is 141 Å². The molecule has 24 heavy (non-hydrogen) atoms. The number of hydrogen-bond acceptors (Lipinski definition) is 7. The zero-order chi connectivity index (χ0) is 16.1. The number of hydrogen-bond donors (Lipinski definition) is 0. The van der Waals surface area contributed by atoms with Gasteiger partial charge in [0, 0.05) is 49.9 Å². The van der Waals surface area contributed by atoms with E-state index in [1.165, 1.54) is 0 Å². The fourth-order valence-corrected chi connectivity index (χ4v) is 4.59. The highest BCUT2D eigenvalue weighted by Crippen LogP contribution is 2.37. The SMILES string of the molecule is COc1cnc(N2C[C@H]3COC[C@H]3C2)nc1N1C[C@H]2COC[C@H]2C1. The Balaban J connectivity index is 1.40. The second kappa shape index (κ2) is 5.74. The second-order valence-electron chi connectivity index (χ2n) is 7.49. The molecule has 7 heteroatoms. The van der Waals surface area contributed by atoms with Gasteiger partial charge in [-0.3, -0.25) is 0 Å². The molecule has 0 aromatic carbocycles. The van der Waals surface area contributed by atoms with Crippen molar-refractivity contribution < 1.29 is 14.2 Å². The van der Waals surface area contributed by atoms with Crippen LogP contribution in [0.25, 0.3) is 0 Å². The van der Waals surface area contributed by atoms with Crippen molar-refractivity contribution in [3.63, 3.8) is 0 Å². The number of methoxy groups -OCH3 is 1. The number of ether oxygens (including phenoxy) is 3. The standard InChI is InChI=1S/C17H24N4O3/c1-22-15-2-18-17(21-5-13-9-24-10-14(13)6-21)19-16(15)20-3-11-7-23-8-12(11)4-20/h2,11-14H,3-10H2,1H3/t11-,12+,13-,14+. The van der Waals surface area contributed by atoms with Crippen molar-refractivity contribution in [3.05, 3.63) is 6.20 Å². The third-order valence-electron chi connectivity index (χ3n) is 6.01. The monoisotopic (exact) mass is 332 g/mol. The maximum absolute atomic E-state index is 5.59. The molecule has 4 aliphatic heterocycles. The van der Waals surface area contributed by atoms with Crippen molar-refractivity contribution >= 4 is 11.8 Å². The van der Waals surface area contributed by atoms with Crippen molar-refractivity contribution in [3.8, 4) is 5.75 Å². The van der Waals surface area contributed by atoms with Gasteiger partial charge in [-0.05, 0) is 0 Å². The molecule has 0 aliphatic carbocycles. The van der Waals surface area contributed by atoms with Gasteiger partial charge in [0.1, 0.15) is 0 Å². The quantitative estimate of drug-likeness (QED) is 0.805. The molecule has 0 N–H and O–H groups in total. The summed E-state index contributed by atoms with van der Waals surface area (Å²) in [5.74, 6) is 5.03. The first-order valence-electron chi connectivity index (χ1n) is 8.88. The topological polar surface area (TPSA) is 60.0 Å². The van der Waals surface area contributed by atoms with E-state index in [2.05, 4.69) is 14.8 Å². The smallest absolute Gasteiger partial charge is 0.227 e. The van der Waals surface area contributed by atoms with Gasteiger partial charge in [0.25, 0.3) is 0 Å². The van der Waals surface area contributed by atoms with Crippen LogP contribution in [0.2, 0.25) is 0 Å². The molecule has 1 aromatic rings. The molecule has 0 bridgehead atoms. The molecule has 4 fully saturated rings. The normalized spacial score (nSPS) is 34.7. The Kier molecular flexibility index (Phi) is 3.52. The molecule has 4 saturated heterocycles. The molecule has 130 valence electrons. The summed E-state index contributed by atoms with van der Waals surface area (Å²) < 4.78 is 16.7. The first-order valence-corrected chi connectivity index (χ1v) is 8.88. The van der Waals surface area contributed by atoms with Crippen molar-refractivity contribution in [2.45, 2.75) is 0 Å². The van der Waals surface area contributed by atoms with Crippen LogP contribution in [0.15, 0.2) is 6.20 Å². The summed E-state index contributed by atoms with van der Waals surface area (Å²) in [6.07, 6.45) is 1.83. The van der Waals surface area contributed by atoms with Crippen LogP contribution in [0.3, 0.4) is 0 Å². The molecule has 0 saturated carbocycles. The van der Waals surface area contributed by atoms with Gasteiger partial charge in [0.05, 0.1) is 39.7 Å². The van der Waals surface area contributed by atoms with Crippen LogP contribution >= 0.6 is 0 Å². The Bertz CT molecular complexity index is 604. The number of rotatable bonds is 3. The first-order chi connectivity index (χ1) is 11.8. The van der Waals surface area contributed by atoms with Gasteiger partial charge >= 0.3 is 0 Å². The minimum atomic E-state index is 0.622. The van der Waals surface area contributed by atoms with E-state index < -0.39 is 0 Å². The lowest BCUT2D eigenvalue weighted by molar-refractivity contribution is 0.177. The lowest BCUT2D eigenvalue weighted by Crippen LogP contribution is -2.27. The van der Waals surface area contributed by atoms with Crippen LogP contribution in [0.4, 0.5) is 11.8 Å². The highest BCUT2D eigenvalue weighted by molar-refractivity contribution is 5.56. The van der Waals surface area contributed by atoms with Crippen LogP contribution < -0.4 is 14.5 Å². The van der Waals surface area contributed by atoms with Crippen LogP contribution in [0.1, 0.15) is 0 Å². The van der Waals surface area contributed by atoms with Gasteiger partial charge in [-0.25, -0.2) is 4.98 Å². The molecule has 0 radical (unpaired) electrons. The largest absolute Gasteiger partial charge is 0.491 e. The summed E-state index contributed by atoms with van der Waals surface area (Å²) in [6, 6.07) is 0. The van der Waals surface area contributed by atoms with E-state index in [1.807, 2.05) is 6.20 Å². The lowest BCUT2D eigenvalue weighted by atomic mass is 10.0. The van der Waals surface area contributed by atoms with Gasteiger partial charge in [-0.2, -0.15) is 4.98 Å². The summed E-state index contributed by atoms with van der Waals surface area (Å²) in [7, 11) is 1.69. The molecule has 1 aromatic heterocycles. The van der Waals surface area contributed by atoms with Crippen molar-refractivity contribution in [2.24, 2.45) is 23.7 Å². The van der Waals surface area contributed by atoms with Crippen LogP contribution in [0.5, 0.6) is 5.75 Å². The third kappa shape index (κ3) is 2.33. The zero-order valence-corrected chi connectivity index (χ0v) is 14.1. The summed E-state index contributed by atoms with van der Waals surface area (Å²) in [5.41, 5.74) is 0. The average molecular weight is 332 g/mol. The molecule has 4 atom stereocenters. The molecule has 5 heterocycles. The van der Waals surface area contributed by atoms with Gasteiger partial charge in [0.2, 0.25) is 5.95 Å². The zero-order valence-electron chi connectivity index (χ0n) is 14.1. The molecule has 5 rings (SSSR count). The lowest BCUT2D eigenvalue weighted by Gasteiger charge is -2.23. The number of anilines is 2. The summed E-state index contributed by atoms with van der Waals surface area (Å²) in [6.45, 7) is 7.48. The summed E-state index contributed by atoms with van der Waals surface area (Å²) in [5, 5.41) is 0. The van der Waals surface area contributed by atoms with Gasteiger partial charge in [0.15, 0.2) is 11.6 Å². The Morgan fingerprint density at radius 2 is 1.46 bits per heavy atom. The third-order valence-corrected chi connectivity index (χ3v) is 6.01. The predicted molar refractivity (Wildman–Crippen MR) is 88.6 cm³/mol. The Hall–Kier alpha value is -1.60. The number of fused-ring (bicyclic) bond motifs is 2. The van der Waals surface area contributed by atoms with E-state index in [1.54, 1.807) is 7.11 Å². The molecule has 0 unspecified atom stereocenters. The maximum atomic E-state index is 5.59. The van der Waals surface area contributed by atoms with Gasteiger partial charge in [-0.1, -0.05) is 0 Å². The van der Waals surface area contributed by atoms with Gasteiger partial charge < -0.3 is 24.0 Å². The highest BCUT2D eigenvalue weighted by atomic mass is 16.5. The minimum absolute atomic E-state index is 0.622. The molecule has 0 amide bonds. The fourth-order valence-electron chi connectivity index (χ4n) is 4.59. The number of nitrogens with zero attached hydrogens (tertiary/aromatic N) is 4. The summed E-state index contributed by atoms with van der Waals surface area (Å²) >= 11 is 0. The minimum Gasteiger partial charge on any atom is -0.491 e. The van der Waals surface area contributed by atoms with E-state index in [0.29, 0.717) is 23.7 Å². The predicted octanol–water partition coefficient (Wildman–Crippen LogP) is 0.650. The fraction of sp³-hybridized carbons (Fsp3) is 0.765. The first kappa shape index (κ1) is 14.7. The molecular formula is C17H24N4O3. The summed E-state index contributed by atoms with van der Waals surface area (Å²) in [4.78, 5) is 14.1. The van der Waals surface area contributed by atoms with E-state index in [4.69, 9.17) is 19.2 Å².